The van der Waals surface area contributed by atoms with E-state index in [0.29, 0.717) is 17.9 Å². The van der Waals surface area contributed by atoms with E-state index in [1.54, 1.807) is 12.1 Å². The summed E-state index contributed by atoms with van der Waals surface area (Å²) >= 11 is 0. The summed E-state index contributed by atoms with van der Waals surface area (Å²) < 4.78 is 0. The lowest BCUT2D eigenvalue weighted by Crippen LogP contribution is -2.09. The Morgan fingerprint density at radius 2 is 2.00 bits per heavy atom. The zero-order chi connectivity index (χ0) is 14.5. The summed E-state index contributed by atoms with van der Waals surface area (Å²) in [6, 6.07) is 12.9. The number of benzene rings is 2. The third-order valence-corrected chi connectivity index (χ3v) is 3.27. The molecule has 4 N–H and O–H groups in total. The maximum absolute atomic E-state index is 10.9. The van der Waals surface area contributed by atoms with Crippen molar-refractivity contribution < 1.29 is 9.90 Å². The summed E-state index contributed by atoms with van der Waals surface area (Å²) in [5, 5.41) is 12.2. The van der Waals surface area contributed by atoms with Gasteiger partial charge in [0.25, 0.3) is 0 Å². The molecule has 0 bridgehead atoms. The van der Waals surface area contributed by atoms with E-state index in [1.807, 2.05) is 12.1 Å². The molecule has 0 saturated carbocycles. The van der Waals surface area contributed by atoms with Gasteiger partial charge in [-0.1, -0.05) is 24.3 Å². The molecule has 0 fully saturated rings. The van der Waals surface area contributed by atoms with Crippen molar-refractivity contribution in [2.24, 2.45) is 0 Å². The maximum Gasteiger partial charge on any atom is 0.335 e. The van der Waals surface area contributed by atoms with Crippen LogP contribution in [0, 0.1) is 6.92 Å². The Morgan fingerprint density at radius 1 is 1.25 bits per heavy atom. The van der Waals surface area contributed by atoms with E-state index in [1.165, 1.54) is 17.2 Å². The fourth-order valence-electron chi connectivity index (χ4n) is 2.06. The molecule has 0 aliphatic heterocycles. The van der Waals surface area contributed by atoms with Crippen molar-refractivity contribution in [3.63, 3.8) is 0 Å². The van der Waals surface area contributed by atoms with Gasteiger partial charge < -0.3 is 16.2 Å². The minimum atomic E-state index is -0.952. The zero-order valence-electron chi connectivity index (χ0n) is 11.4. The highest BCUT2D eigenvalue weighted by molar-refractivity contribution is 5.90. The first-order chi connectivity index (χ1) is 9.58. The van der Waals surface area contributed by atoms with Gasteiger partial charge in [0, 0.05) is 6.54 Å². The Labute approximate surface area is 118 Å². The highest BCUT2D eigenvalue weighted by Gasteiger charge is 2.06. The van der Waals surface area contributed by atoms with E-state index in [9.17, 15) is 4.79 Å². The molecule has 0 aromatic heterocycles. The van der Waals surface area contributed by atoms with E-state index in [4.69, 9.17) is 10.8 Å². The Morgan fingerprint density at radius 3 is 2.70 bits per heavy atom. The lowest BCUT2D eigenvalue weighted by molar-refractivity contribution is 0.0697. The number of carboxylic acid groups (broad SMARTS) is 1. The van der Waals surface area contributed by atoms with Crippen molar-refractivity contribution in [1.82, 2.24) is 0 Å². The van der Waals surface area contributed by atoms with E-state index in [-0.39, 0.29) is 5.56 Å². The lowest BCUT2D eigenvalue weighted by Gasteiger charge is -2.11. The Bertz CT molecular complexity index is 624. The summed E-state index contributed by atoms with van der Waals surface area (Å²) in [6.07, 6.45) is 0.864. The highest BCUT2D eigenvalue weighted by atomic mass is 16.4. The molecule has 0 atom stereocenters. The van der Waals surface area contributed by atoms with Gasteiger partial charge in [-0.3, -0.25) is 0 Å². The van der Waals surface area contributed by atoms with Crippen molar-refractivity contribution in [2.45, 2.75) is 13.3 Å². The normalized spacial score (nSPS) is 10.2. The number of rotatable bonds is 5. The summed E-state index contributed by atoms with van der Waals surface area (Å²) in [7, 11) is 0. The van der Waals surface area contributed by atoms with E-state index in [0.717, 1.165) is 6.42 Å². The van der Waals surface area contributed by atoms with Crippen molar-refractivity contribution in [1.29, 1.82) is 0 Å². The molecule has 4 nitrogen and oxygen atoms in total. The maximum atomic E-state index is 10.9. The lowest BCUT2D eigenvalue weighted by atomic mass is 10.1. The van der Waals surface area contributed by atoms with Crippen molar-refractivity contribution in [2.75, 3.05) is 17.6 Å². The molecule has 4 heteroatoms. The fourth-order valence-corrected chi connectivity index (χ4v) is 2.06. The second kappa shape index (κ2) is 6.10. The number of aryl methyl sites for hydroxylation is 1. The zero-order valence-corrected chi connectivity index (χ0v) is 11.4. The smallest absolute Gasteiger partial charge is 0.335 e. The second-order valence-corrected chi connectivity index (χ2v) is 4.71. The van der Waals surface area contributed by atoms with E-state index >= 15 is 0 Å². The van der Waals surface area contributed by atoms with Crippen LogP contribution in [0.1, 0.15) is 21.5 Å². The van der Waals surface area contributed by atoms with Gasteiger partial charge in [0.1, 0.15) is 0 Å². The molecule has 2 aromatic rings. The van der Waals surface area contributed by atoms with Gasteiger partial charge >= 0.3 is 5.97 Å². The fraction of sp³-hybridized carbons (Fsp3) is 0.188. The van der Waals surface area contributed by atoms with Crippen LogP contribution in [-0.4, -0.2) is 17.6 Å². The van der Waals surface area contributed by atoms with Crippen LogP contribution in [0.5, 0.6) is 0 Å². The summed E-state index contributed by atoms with van der Waals surface area (Å²) in [6.45, 7) is 2.78. The molecule has 0 radical (unpaired) electrons. The molecule has 104 valence electrons. The van der Waals surface area contributed by atoms with E-state index in [2.05, 4.69) is 24.4 Å². The summed E-state index contributed by atoms with van der Waals surface area (Å²) in [5.41, 5.74) is 9.82. The van der Waals surface area contributed by atoms with Gasteiger partial charge in [0.05, 0.1) is 16.9 Å². The summed E-state index contributed by atoms with van der Waals surface area (Å²) in [4.78, 5) is 10.9. The number of aromatic carboxylic acids is 1. The standard InChI is InChI=1S/C16H18N2O2/c1-11-4-2-3-5-12(11)8-9-18-15-10-13(16(19)20)6-7-14(15)17/h2-7,10,18H,8-9,17H2,1H3,(H,19,20). The van der Waals surface area contributed by atoms with Crippen LogP contribution in [0.4, 0.5) is 11.4 Å². The second-order valence-electron chi connectivity index (χ2n) is 4.71. The average Bonchev–Trinajstić information content (AvgIpc) is 2.42. The monoisotopic (exact) mass is 270 g/mol. The molecule has 2 rings (SSSR count). The third-order valence-electron chi connectivity index (χ3n) is 3.27. The number of nitrogens with two attached hydrogens (primary N) is 1. The van der Waals surface area contributed by atoms with Gasteiger partial charge in [-0.05, 0) is 42.7 Å². The first-order valence-corrected chi connectivity index (χ1v) is 6.49. The molecule has 0 unspecified atom stereocenters. The van der Waals surface area contributed by atoms with Crippen LogP contribution in [0.3, 0.4) is 0 Å². The van der Waals surface area contributed by atoms with Crippen LogP contribution in [0.2, 0.25) is 0 Å². The molecule has 0 saturated heterocycles. The molecular weight excluding hydrogens is 252 g/mol. The van der Waals surface area contributed by atoms with Crippen LogP contribution in [-0.2, 0) is 6.42 Å². The van der Waals surface area contributed by atoms with Gasteiger partial charge in [-0.25, -0.2) is 4.79 Å². The van der Waals surface area contributed by atoms with Crippen LogP contribution in [0.15, 0.2) is 42.5 Å². The Balaban J connectivity index is 2.02. The molecule has 0 aliphatic rings. The molecule has 0 amide bonds. The largest absolute Gasteiger partial charge is 0.478 e. The molecule has 0 spiro atoms. The Kier molecular flexibility index (Phi) is 4.25. The molecule has 0 aliphatic carbocycles. The number of hydrogen-bond donors (Lipinski definition) is 3. The van der Waals surface area contributed by atoms with Crippen molar-refractivity contribution in [3.8, 4) is 0 Å². The van der Waals surface area contributed by atoms with Gasteiger partial charge in [-0.15, -0.1) is 0 Å². The summed E-state index contributed by atoms with van der Waals surface area (Å²) in [5.74, 6) is -0.952. The SMILES string of the molecule is Cc1ccccc1CCNc1cc(C(=O)O)ccc1N. The molecule has 20 heavy (non-hydrogen) atoms. The number of anilines is 2. The number of hydrogen-bond acceptors (Lipinski definition) is 3. The highest BCUT2D eigenvalue weighted by Crippen LogP contribution is 2.20. The van der Waals surface area contributed by atoms with Crippen LogP contribution < -0.4 is 11.1 Å². The minimum absolute atomic E-state index is 0.234. The third kappa shape index (κ3) is 3.29. The predicted octanol–water partition coefficient (Wildman–Crippen LogP) is 2.93. The quantitative estimate of drug-likeness (QED) is 0.730. The van der Waals surface area contributed by atoms with Crippen LogP contribution >= 0.6 is 0 Å². The van der Waals surface area contributed by atoms with Crippen molar-refractivity contribution >= 4 is 17.3 Å². The average molecular weight is 270 g/mol. The molecular formula is C16H18N2O2. The number of carboxylic acids is 1. The van der Waals surface area contributed by atoms with Gasteiger partial charge in [-0.2, -0.15) is 0 Å². The molecule has 0 heterocycles. The van der Waals surface area contributed by atoms with Crippen LogP contribution in [0.25, 0.3) is 0 Å². The van der Waals surface area contributed by atoms with Gasteiger partial charge in [0.2, 0.25) is 0 Å². The Hall–Kier alpha value is -2.49. The molecule has 2 aromatic carbocycles. The van der Waals surface area contributed by atoms with Crippen molar-refractivity contribution in [3.05, 3.63) is 59.2 Å². The predicted molar refractivity (Wildman–Crippen MR) is 81.2 cm³/mol. The number of nitrogen functional groups attached to an aromatic ring is 1. The van der Waals surface area contributed by atoms with E-state index < -0.39 is 5.97 Å². The van der Waals surface area contributed by atoms with Gasteiger partial charge in [0.15, 0.2) is 0 Å². The topological polar surface area (TPSA) is 75.3 Å². The number of carbonyl (C=O) groups is 1. The number of nitrogens with one attached hydrogen (secondary N) is 1. The minimum Gasteiger partial charge on any atom is -0.478 e. The first-order valence-electron chi connectivity index (χ1n) is 6.49. The first kappa shape index (κ1) is 13.9.